The Kier molecular flexibility index (Phi) is 9.80. The van der Waals surface area contributed by atoms with Crippen LogP contribution in [0.4, 0.5) is 4.79 Å². The first-order chi connectivity index (χ1) is 14.9. The Morgan fingerprint density at radius 3 is 2.42 bits per heavy atom. The van der Waals surface area contributed by atoms with Crippen molar-refractivity contribution in [2.45, 2.75) is 64.5 Å². The van der Waals surface area contributed by atoms with Crippen LogP contribution in [0.25, 0.3) is 0 Å². The van der Waals surface area contributed by atoms with Gasteiger partial charge in [-0.1, -0.05) is 26.2 Å². The summed E-state index contributed by atoms with van der Waals surface area (Å²) in [5, 5.41) is 7.32. The maximum atomic E-state index is 12.2. The van der Waals surface area contributed by atoms with E-state index in [1.54, 1.807) is 24.3 Å². The minimum atomic E-state index is -1.17. The van der Waals surface area contributed by atoms with E-state index in [4.69, 9.17) is 9.47 Å². The first-order valence-corrected chi connectivity index (χ1v) is 10.7. The zero-order valence-electron chi connectivity index (χ0n) is 18.1. The summed E-state index contributed by atoms with van der Waals surface area (Å²) in [6.07, 6.45) is 4.70. The van der Waals surface area contributed by atoms with Crippen LogP contribution in [-0.2, 0) is 14.3 Å². The summed E-state index contributed by atoms with van der Waals surface area (Å²) in [7, 11) is 0. The van der Waals surface area contributed by atoms with Gasteiger partial charge >= 0.3 is 12.0 Å². The number of hydrogen-bond acceptors (Lipinski definition) is 6. The number of rotatable bonds is 10. The third kappa shape index (κ3) is 8.65. The van der Waals surface area contributed by atoms with E-state index in [0.717, 1.165) is 38.5 Å². The van der Waals surface area contributed by atoms with E-state index >= 15 is 0 Å². The van der Waals surface area contributed by atoms with Crippen molar-refractivity contribution in [2.75, 3.05) is 13.2 Å². The van der Waals surface area contributed by atoms with E-state index < -0.39 is 36.5 Å². The molecule has 1 unspecified atom stereocenters. The Morgan fingerprint density at radius 2 is 1.77 bits per heavy atom. The molecule has 31 heavy (non-hydrogen) atoms. The molecule has 4 amide bonds. The van der Waals surface area contributed by atoms with Gasteiger partial charge in [-0.25, -0.2) is 4.79 Å². The van der Waals surface area contributed by atoms with Gasteiger partial charge in [-0.05, 0) is 50.5 Å². The normalized spacial score (nSPS) is 14.4. The Hall–Kier alpha value is -3.10. The molecule has 0 heterocycles. The molecule has 1 aromatic rings. The second-order valence-corrected chi connectivity index (χ2v) is 7.49. The molecule has 1 atom stereocenters. The van der Waals surface area contributed by atoms with Crippen LogP contribution in [0.1, 0.15) is 62.7 Å². The second kappa shape index (κ2) is 12.6. The number of nitrogens with one attached hydrogen (secondary N) is 3. The van der Waals surface area contributed by atoms with Gasteiger partial charge in [-0.15, -0.1) is 0 Å². The molecule has 9 nitrogen and oxygen atoms in total. The summed E-state index contributed by atoms with van der Waals surface area (Å²) in [4.78, 5) is 47.9. The SMILES string of the molecule is CCCCOc1ccc(C(=O)NCC(=O)OC(C)C(=O)NC(=O)NC2CCCC2)cc1. The lowest BCUT2D eigenvalue weighted by molar-refractivity contribution is -0.153. The van der Waals surface area contributed by atoms with Crippen molar-refractivity contribution in [2.24, 2.45) is 0 Å². The highest BCUT2D eigenvalue weighted by molar-refractivity contribution is 5.98. The Bertz CT molecular complexity index is 759. The number of ether oxygens (including phenoxy) is 2. The maximum absolute atomic E-state index is 12.2. The molecule has 1 aromatic carbocycles. The molecular weight excluding hydrogens is 402 g/mol. The average molecular weight is 434 g/mol. The number of imide groups is 1. The third-order valence-corrected chi connectivity index (χ3v) is 4.88. The molecule has 1 aliphatic carbocycles. The third-order valence-electron chi connectivity index (χ3n) is 4.88. The van der Waals surface area contributed by atoms with Crippen molar-refractivity contribution in [1.82, 2.24) is 16.0 Å². The smallest absolute Gasteiger partial charge is 0.326 e. The molecule has 3 N–H and O–H groups in total. The summed E-state index contributed by atoms with van der Waals surface area (Å²) < 4.78 is 10.5. The number of benzene rings is 1. The van der Waals surface area contributed by atoms with Crippen LogP contribution in [-0.4, -0.2) is 49.1 Å². The quantitative estimate of drug-likeness (QED) is 0.384. The summed E-state index contributed by atoms with van der Waals surface area (Å²) in [5.74, 6) is -1.30. The summed E-state index contributed by atoms with van der Waals surface area (Å²) in [6.45, 7) is 3.64. The summed E-state index contributed by atoms with van der Waals surface area (Å²) >= 11 is 0. The van der Waals surface area contributed by atoms with Gasteiger partial charge in [-0.2, -0.15) is 0 Å². The van der Waals surface area contributed by atoms with E-state index in [1.165, 1.54) is 6.92 Å². The lowest BCUT2D eigenvalue weighted by Gasteiger charge is -2.15. The molecule has 9 heteroatoms. The molecule has 0 spiro atoms. The highest BCUT2D eigenvalue weighted by atomic mass is 16.5. The van der Waals surface area contributed by atoms with E-state index in [-0.39, 0.29) is 6.04 Å². The molecule has 0 bridgehead atoms. The molecule has 1 aliphatic rings. The van der Waals surface area contributed by atoms with Crippen LogP contribution in [0.2, 0.25) is 0 Å². The van der Waals surface area contributed by atoms with Crippen LogP contribution in [0.15, 0.2) is 24.3 Å². The van der Waals surface area contributed by atoms with Crippen molar-refractivity contribution in [1.29, 1.82) is 0 Å². The zero-order valence-corrected chi connectivity index (χ0v) is 18.1. The first kappa shape index (κ1) is 24.2. The van der Waals surface area contributed by atoms with Gasteiger partial charge in [0, 0.05) is 11.6 Å². The number of urea groups is 1. The molecule has 0 aromatic heterocycles. The molecule has 2 rings (SSSR count). The van der Waals surface area contributed by atoms with Crippen LogP contribution < -0.4 is 20.7 Å². The van der Waals surface area contributed by atoms with Crippen LogP contribution in [0, 0.1) is 0 Å². The maximum Gasteiger partial charge on any atom is 0.326 e. The molecular formula is C22H31N3O6. The first-order valence-electron chi connectivity index (χ1n) is 10.7. The second-order valence-electron chi connectivity index (χ2n) is 7.49. The standard InChI is InChI=1S/C22H31N3O6/c1-3-4-13-30-18-11-9-16(10-12-18)21(28)23-14-19(26)31-15(2)20(27)25-22(29)24-17-7-5-6-8-17/h9-12,15,17H,3-8,13-14H2,1-2H3,(H,23,28)(H2,24,25,27,29). The van der Waals surface area contributed by atoms with E-state index in [2.05, 4.69) is 22.9 Å². The van der Waals surface area contributed by atoms with Gasteiger partial charge in [0.15, 0.2) is 6.10 Å². The number of amides is 4. The van der Waals surface area contributed by atoms with Gasteiger partial charge in [0.1, 0.15) is 12.3 Å². The lowest BCUT2D eigenvalue weighted by atomic mass is 10.2. The highest BCUT2D eigenvalue weighted by Gasteiger charge is 2.22. The number of carbonyl (C=O) groups excluding carboxylic acids is 4. The predicted molar refractivity (Wildman–Crippen MR) is 114 cm³/mol. The van der Waals surface area contributed by atoms with E-state index in [1.807, 2.05) is 0 Å². The van der Waals surface area contributed by atoms with Crippen molar-refractivity contribution < 1.29 is 28.7 Å². The Balaban J connectivity index is 1.69. The lowest BCUT2D eigenvalue weighted by Crippen LogP contribution is -2.47. The molecule has 1 fully saturated rings. The van der Waals surface area contributed by atoms with Crippen LogP contribution >= 0.6 is 0 Å². The number of hydrogen-bond donors (Lipinski definition) is 3. The Labute approximate surface area is 182 Å². The minimum Gasteiger partial charge on any atom is -0.494 e. The number of carbonyl (C=O) groups is 4. The zero-order chi connectivity index (χ0) is 22.6. The largest absolute Gasteiger partial charge is 0.494 e. The monoisotopic (exact) mass is 433 g/mol. The minimum absolute atomic E-state index is 0.0674. The van der Waals surface area contributed by atoms with Crippen molar-refractivity contribution >= 4 is 23.8 Å². The molecule has 0 aliphatic heterocycles. The van der Waals surface area contributed by atoms with Gasteiger partial charge in [-0.3, -0.25) is 19.7 Å². The molecule has 0 radical (unpaired) electrons. The van der Waals surface area contributed by atoms with Crippen molar-refractivity contribution in [3.05, 3.63) is 29.8 Å². The highest BCUT2D eigenvalue weighted by Crippen LogP contribution is 2.17. The molecule has 170 valence electrons. The van der Waals surface area contributed by atoms with Gasteiger partial charge < -0.3 is 20.1 Å². The fourth-order valence-electron chi connectivity index (χ4n) is 3.09. The van der Waals surface area contributed by atoms with Gasteiger partial charge in [0.2, 0.25) is 0 Å². The van der Waals surface area contributed by atoms with E-state index in [9.17, 15) is 19.2 Å². The topological polar surface area (TPSA) is 123 Å². The fourth-order valence-corrected chi connectivity index (χ4v) is 3.09. The van der Waals surface area contributed by atoms with Gasteiger partial charge in [0.05, 0.1) is 6.61 Å². The van der Waals surface area contributed by atoms with Crippen molar-refractivity contribution in [3.63, 3.8) is 0 Å². The average Bonchev–Trinajstić information content (AvgIpc) is 3.25. The fraction of sp³-hybridized carbons (Fsp3) is 0.545. The summed E-state index contributed by atoms with van der Waals surface area (Å²) in [6, 6.07) is 6.04. The Morgan fingerprint density at radius 1 is 1.10 bits per heavy atom. The molecule has 0 saturated heterocycles. The molecule has 1 saturated carbocycles. The number of esters is 1. The number of unbranched alkanes of at least 4 members (excludes halogenated alkanes) is 1. The predicted octanol–water partition coefficient (Wildman–Crippen LogP) is 2.30. The van der Waals surface area contributed by atoms with E-state index in [0.29, 0.717) is 17.9 Å². The van der Waals surface area contributed by atoms with Gasteiger partial charge in [0.25, 0.3) is 11.8 Å². The van der Waals surface area contributed by atoms with Crippen LogP contribution in [0.3, 0.4) is 0 Å². The summed E-state index contributed by atoms with van der Waals surface area (Å²) in [5.41, 5.74) is 0.366. The van der Waals surface area contributed by atoms with Crippen LogP contribution in [0.5, 0.6) is 5.75 Å². The van der Waals surface area contributed by atoms with Crippen molar-refractivity contribution in [3.8, 4) is 5.75 Å².